The van der Waals surface area contributed by atoms with Crippen LogP contribution in [0.1, 0.15) is 12.8 Å². The molecular weight excluding hydrogens is 166 g/mol. The monoisotopic (exact) mass is 179 g/mol. The molecule has 0 amide bonds. The Hall–Kier alpha value is -1.09. The fourth-order valence-corrected chi connectivity index (χ4v) is 1.65. The number of rotatable bonds is 1. The number of hydrogen-bond donors (Lipinski definition) is 1. The SMILES string of the molecule is CNC1C=C2C(=O)CCOC2=CC1. The topological polar surface area (TPSA) is 38.3 Å². The minimum atomic E-state index is 0.206. The number of likely N-dealkylation sites (N-methyl/N-ethyl adjacent to an activating group) is 1. The van der Waals surface area contributed by atoms with Gasteiger partial charge in [-0.2, -0.15) is 0 Å². The predicted octanol–water partition coefficient (Wildman–Crippen LogP) is 0.778. The molecule has 1 aliphatic carbocycles. The van der Waals surface area contributed by atoms with Crippen molar-refractivity contribution >= 4 is 5.78 Å². The first kappa shape index (κ1) is 8.51. The molecular formula is C10H13NO2. The summed E-state index contributed by atoms with van der Waals surface area (Å²) in [5, 5.41) is 3.13. The zero-order chi connectivity index (χ0) is 9.26. The van der Waals surface area contributed by atoms with Gasteiger partial charge in [-0.05, 0) is 19.5 Å². The molecule has 0 aromatic heterocycles. The van der Waals surface area contributed by atoms with Gasteiger partial charge in [-0.1, -0.05) is 6.08 Å². The van der Waals surface area contributed by atoms with Crippen molar-refractivity contribution in [1.29, 1.82) is 0 Å². The molecule has 0 aromatic carbocycles. The third-order valence-electron chi connectivity index (χ3n) is 2.45. The van der Waals surface area contributed by atoms with Crippen LogP contribution in [-0.4, -0.2) is 25.5 Å². The van der Waals surface area contributed by atoms with E-state index in [9.17, 15) is 4.79 Å². The molecule has 13 heavy (non-hydrogen) atoms. The van der Waals surface area contributed by atoms with Crippen molar-refractivity contribution in [3.63, 3.8) is 0 Å². The third kappa shape index (κ3) is 1.52. The van der Waals surface area contributed by atoms with Gasteiger partial charge in [0, 0.05) is 12.5 Å². The van der Waals surface area contributed by atoms with Gasteiger partial charge in [-0.15, -0.1) is 0 Å². The van der Waals surface area contributed by atoms with Crippen LogP contribution in [0.5, 0.6) is 0 Å². The molecule has 1 unspecified atom stereocenters. The Labute approximate surface area is 77.5 Å². The summed E-state index contributed by atoms with van der Waals surface area (Å²) in [4.78, 5) is 11.5. The lowest BCUT2D eigenvalue weighted by Crippen LogP contribution is -2.29. The van der Waals surface area contributed by atoms with E-state index < -0.39 is 0 Å². The van der Waals surface area contributed by atoms with Crippen LogP contribution in [0.2, 0.25) is 0 Å². The Morgan fingerprint density at radius 3 is 3.23 bits per heavy atom. The molecule has 1 heterocycles. The first-order valence-electron chi connectivity index (χ1n) is 4.57. The highest BCUT2D eigenvalue weighted by Crippen LogP contribution is 2.25. The number of Topliss-reactive ketones (excluding diaryl/α,β-unsaturated/α-hetero) is 1. The highest BCUT2D eigenvalue weighted by molar-refractivity contribution is 6.00. The maximum absolute atomic E-state index is 11.5. The zero-order valence-corrected chi connectivity index (χ0v) is 7.67. The molecule has 1 fully saturated rings. The summed E-state index contributed by atoms with van der Waals surface area (Å²) in [6.07, 6.45) is 5.38. The Morgan fingerprint density at radius 2 is 2.46 bits per heavy atom. The molecule has 0 spiro atoms. The van der Waals surface area contributed by atoms with E-state index in [1.807, 2.05) is 19.2 Å². The van der Waals surface area contributed by atoms with E-state index in [-0.39, 0.29) is 11.8 Å². The van der Waals surface area contributed by atoms with Gasteiger partial charge in [-0.3, -0.25) is 4.79 Å². The van der Waals surface area contributed by atoms with Crippen molar-refractivity contribution < 1.29 is 9.53 Å². The Morgan fingerprint density at radius 1 is 1.62 bits per heavy atom. The summed E-state index contributed by atoms with van der Waals surface area (Å²) < 4.78 is 5.39. The summed E-state index contributed by atoms with van der Waals surface area (Å²) >= 11 is 0. The minimum Gasteiger partial charge on any atom is -0.493 e. The molecule has 2 rings (SSSR count). The van der Waals surface area contributed by atoms with Crippen molar-refractivity contribution in [1.82, 2.24) is 5.32 Å². The summed E-state index contributed by atoms with van der Waals surface area (Å²) in [5.74, 6) is 0.986. The number of allylic oxidation sites excluding steroid dienone is 1. The van der Waals surface area contributed by atoms with Gasteiger partial charge in [0.05, 0.1) is 12.2 Å². The van der Waals surface area contributed by atoms with Crippen molar-refractivity contribution in [2.24, 2.45) is 0 Å². The van der Waals surface area contributed by atoms with Crippen LogP contribution in [0.15, 0.2) is 23.5 Å². The molecule has 0 bridgehead atoms. The molecule has 70 valence electrons. The number of fused-ring (bicyclic) bond motifs is 1. The molecule has 0 radical (unpaired) electrons. The normalized spacial score (nSPS) is 27.2. The smallest absolute Gasteiger partial charge is 0.169 e. The minimum absolute atomic E-state index is 0.206. The summed E-state index contributed by atoms with van der Waals surface area (Å²) in [7, 11) is 1.90. The number of hydrogen-bond acceptors (Lipinski definition) is 3. The maximum Gasteiger partial charge on any atom is 0.169 e. The lowest BCUT2D eigenvalue weighted by molar-refractivity contribution is -0.117. The van der Waals surface area contributed by atoms with Crippen molar-refractivity contribution in [2.45, 2.75) is 18.9 Å². The molecule has 3 nitrogen and oxygen atoms in total. The van der Waals surface area contributed by atoms with Crippen molar-refractivity contribution in [3.05, 3.63) is 23.5 Å². The van der Waals surface area contributed by atoms with Gasteiger partial charge >= 0.3 is 0 Å². The molecule has 1 atom stereocenters. The number of carbonyl (C=O) groups excluding carboxylic acids is 1. The second kappa shape index (κ2) is 3.34. The third-order valence-corrected chi connectivity index (χ3v) is 2.45. The molecule has 3 heteroatoms. The fourth-order valence-electron chi connectivity index (χ4n) is 1.65. The first-order chi connectivity index (χ1) is 6.31. The maximum atomic E-state index is 11.5. The van der Waals surface area contributed by atoms with E-state index in [2.05, 4.69) is 5.32 Å². The van der Waals surface area contributed by atoms with E-state index in [0.717, 1.165) is 17.8 Å². The molecule has 2 aliphatic rings. The Balaban J connectivity index is 2.25. The highest BCUT2D eigenvalue weighted by atomic mass is 16.5. The average molecular weight is 179 g/mol. The standard InChI is InChI=1S/C10H13NO2/c1-11-7-2-3-10-8(6-7)9(12)4-5-13-10/h3,6-7,11H,2,4-5H2,1H3. The lowest BCUT2D eigenvalue weighted by Gasteiger charge is -2.24. The molecule has 0 saturated carbocycles. The number of ketones is 1. The molecule has 1 aliphatic heterocycles. The molecule has 0 aromatic rings. The fraction of sp³-hybridized carbons (Fsp3) is 0.500. The van der Waals surface area contributed by atoms with Gasteiger partial charge in [0.25, 0.3) is 0 Å². The van der Waals surface area contributed by atoms with Crippen LogP contribution in [0.4, 0.5) is 0 Å². The van der Waals surface area contributed by atoms with Crippen molar-refractivity contribution in [3.8, 4) is 0 Å². The summed E-state index contributed by atoms with van der Waals surface area (Å²) in [6.45, 7) is 0.534. The second-order valence-corrected chi connectivity index (χ2v) is 3.30. The zero-order valence-electron chi connectivity index (χ0n) is 7.67. The van der Waals surface area contributed by atoms with Gasteiger partial charge < -0.3 is 10.1 Å². The van der Waals surface area contributed by atoms with Gasteiger partial charge in [0.2, 0.25) is 0 Å². The van der Waals surface area contributed by atoms with Crippen LogP contribution in [0.25, 0.3) is 0 Å². The average Bonchev–Trinajstić information content (AvgIpc) is 2.18. The number of nitrogens with one attached hydrogen (secondary N) is 1. The Kier molecular flexibility index (Phi) is 2.19. The Bertz CT molecular complexity index is 291. The van der Waals surface area contributed by atoms with Gasteiger partial charge in [0.1, 0.15) is 5.76 Å². The predicted molar refractivity (Wildman–Crippen MR) is 49.2 cm³/mol. The van der Waals surface area contributed by atoms with Crippen LogP contribution in [0, 0.1) is 0 Å². The van der Waals surface area contributed by atoms with E-state index in [0.29, 0.717) is 13.0 Å². The van der Waals surface area contributed by atoms with Crippen LogP contribution >= 0.6 is 0 Å². The highest BCUT2D eigenvalue weighted by Gasteiger charge is 2.25. The first-order valence-corrected chi connectivity index (χ1v) is 4.57. The summed E-state index contributed by atoms with van der Waals surface area (Å²) in [5.41, 5.74) is 0.761. The molecule has 1 N–H and O–H groups in total. The van der Waals surface area contributed by atoms with Crippen LogP contribution < -0.4 is 5.32 Å². The van der Waals surface area contributed by atoms with E-state index in [4.69, 9.17) is 4.74 Å². The second-order valence-electron chi connectivity index (χ2n) is 3.30. The van der Waals surface area contributed by atoms with Gasteiger partial charge in [-0.25, -0.2) is 0 Å². The largest absolute Gasteiger partial charge is 0.493 e. The van der Waals surface area contributed by atoms with E-state index in [1.165, 1.54) is 0 Å². The number of carbonyl (C=O) groups is 1. The van der Waals surface area contributed by atoms with E-state index >= 15 is 0 Å². The molecule has 1 saturated heterocycles. The lowest BCUT2D eigenvalue weighted by atomic mass is 9.95. The van der Waals surface area contributed by atoms with Gasteiger partial charge in [0.15, 0.2) is 5.78 Å². The summed E-state index contributed by atoms with van der Waals surface area (Å²) in [6, 6.07) is 0.282. The van der Waals surface area contributed by atoms with E-state index in [1.54, 1.807) is 0 Å². The van der Waals surface area contributed by atoms with Crippen LogP contribution in [-0.2, 0) is 9.53 Å². The number of ether oxygens (including phenoxy) is 1. The van der Waals surface area contributed by atoms with Crippen molar-refractivity contribution in [2.75, 3.05) is 13.7 Å². The quantitative estimate of drug-likeness (QED) is 0.646. The van der Waals surface area contributed by atoms with Crippen LogP contribution in [0.3, 0.4) is 0 Å².